The van der Waals surface area contributed by atoms with Crippen molar-refractivity contribution in [3.8, 4) is 0 Å². The van der Waals surface area contributed by atoms with Gasteiger partial charge in [-0.1, -0.05) is 64.2 Å². The first-order valence-electron chi connectivity index (χ1n) is 7.51. The van der Waals surface area contributed by atoms with Gasteiger partial charge >= 0.3 is 0 Å². The molecule has 0 radical (unpaired) electrons. The molecule has 1 atom stereocenters. The van der Waals surface area contributed by atoms with Crippen LogP contribution in [0.4, 0.5) is 0 Å². The monoisotopic (exact) mass is 240 g/mol. The Labute approximate surface area is 106 Å². The van der Waals surface area contributed by atoms with E-state index in [2.05, 4.69) is 0 Å². The van der Waals surface area contributed by atoms with Gasteiger partial charge in [-0.05, 0) is 12.8 Å². The second kappa shape index (κ2) is 9.64. The van der Waals surface area contributed by atoms with Crippen molar-refractivity contribution in [2.45, 2.75) is 89.6 Å². The van der Waals surface area contributed by atoms with Gasteiger partial charge in [-0.15, -0.1) is 0 Å². The quantitative estimate of drug-likeness (QED) is 0.695. The van der Waals surface area contributed by atoms with Crippen LogP contribution in [0.25, 0.3) is 0 Å². The predicted octanol–water partition coefficient (Wildman–Crippen LogP) is 4.00. The number of rotatable bonds is 0. The lowest BCUT2D eigenvalue weighted by Crippen LogP contribution is -2.19. The second-order valence-electron chi connectivity index (χ2n) is 5.41. The molecule has 1 aliphatic carbocycles. The van der Waals surface area contributed by atoms with E-state index in [1.165, 1.54) is 51.4 Å². The average molecular weight is 240 g/mol. The maximum absolute atomic E-state index is 11.6. The fourth-order valence-corrected chi connectivity index (χ4v) is 2.56. The molecule has 0 heterocycles. The summed E-state index contributed by atoms with van der Waals surface area (Å²) in [6.45, 7) is 0. The van der Waals surface area contributed by atoms with Crippen LogP contribution in [-0.2, 0) is 4.79 Å². The van der Waals surface area contributed by atoms with E-state index in [4.69, 9.17) is 0 Å². The van der Waals surface area contributed by atoms with E-state index in [0.717, 1.165) is 19.3 Å². The second-order valence-corrected chi connectivity index (χ2v) is 5.41. The van der Waals surface area contributed by atoms with Crippen LogP contribution >= 0.6 is 0 Å². The van der Waals surface area contributed by atoms with Crippen LogP contribution in [0.3, 0.4) is 0 Å². The Morgan fingerprint density at radius 3 is 1.65 bits per heavy atom. The number of aliphatic hydroxyl groups excluding tert-OH is 1. The standard InChI is InChI=1S/C15H28O2/c16-14-12-10-8-6-4-2-1-3-5-7-9-11-13-15(14)17/h14,16H,1-13H2/t14-/m1/s1. The van der Waals surface area contributed by atoms with Crippen molar-refractivity contribution >= 4 is 5.78 Å². The van der Waals surface area contributed by atoms with Gasteiger partial charge in [0.25, 0.3) is 0 Å². The fourth-order valence-electron chi connectivity index (χ4n) is 2.56. The van der Waals surface area contributed by atoms with E-state index in [9.17, 15) is 9.90 Å². The van der Waals surface area contributed by atoms with Crippen LogP contribution < -0.4 is 0 Å². The van der Waals surface area contributed by atoms with Crippen molar-refractivity contribution in [3.63, 3.8) is 0 Å². The highest BCUT2D eigenvalue weighted by molar-refractivity contribution is 5.82. The van der Waals surface area contributed by atoms with E-state index >= 15 is 0 Å². The SMILES string of the molecule is O=C1CCCCCCCCCCCCC[C@H]1O. The highest BCUT2D eigenvalue weighted by Gasteiger charge is 2.13. The van der Waals surface area contributed by atoms with Gasteiger partial charge in [0, 0.05) is 6.42 Å². The molecule has 0 aliphatic heterocycles. The summed E-state index contributed by atoms with van der Waals surface area (Å²) >= 11 is 0. The van der Waals surface area contributed by atoms with Crippen molar-refractivity contribution in [1.82, 2.24) is 0 Å². The topological polar surface area (TPSA) is 37.3 Å². The largest absolute Gasteiger partial charge is 0.385 e. The average Bonchev–Trinajstić information content (AvgIpc) is 2.34. The van der Waals surface area contributed by atoms with Gasteiger partial charge in [0.15, 0.2) is 5.78 Å². The van der Waals surface area contributed by atoms with Gasteiger partial charge in [-0.2, -0.15) is 0 Å². The molecule has 2 nitrogen and oxygen atoms in total. The summed E-state index contributed by atoms with van der Waals surface area (Å²) in [5.41, 5.74) is 0. The molecule has 1 aliphatic rings. The molecule has 0 aromatic carbocycles. The lowest BCUT2D eigenvalue weighted by Gasteiger charge is -2.09. The third-order valence-corrected chi connectivity index (χ3v) is 3.77. The number of aliphatic hydroxyl groups is 1. The molecule has 0 saturated heterocycles. The van der Waals surface area contributed by atoms with E-state index in [0.29, 0.717) is 12.8 Å². The maximum Gasteiger partial charge on any atom is 0.161 e. The number of hydrogen-bond acceptors (Lipinski definition) is 2. The zero-order valence-corrected chi connectivity index (χ0v) is 11.1. The Kier molecular flexibility index (Phi) is 8.33. The summed E-state index contributed by atoms with van der Waals surface area (Å²) in [4.78, 5) is 11.6. The zero-order valence-electron chi connectivity index (χ0n) is 11.1. The Bertz CT molecular complexity index is 201. The number of hydrogen-bond donors (Lipinski definition) is 1. The summed E-state index contributed by atoms with van der Waals surface area (Å²) in [7, 11) is 0. The third kappa shape index (κ3) is 7.54. The first-order valence-corrected chi connectivity index (χ1v) is 7.51. The van der Waals surface area contributed by atoms with Crippen LogP contribution in [0.15, 0.2) is 0 Å². The highest BCUT2D eigenvalue weighted by Crippen LogP contribution is 2.15. The normalized spacial score (nSPS) is 27.1. The van der Waals surface area contributed by atoms with E-state index < -0.39 is 6.10 Å². The molecule has 1 N–H and O–H groups in total. The Morgan fingerprint density at radius 2 is 1.12 bits per heavy atom. The summed E-state index contributed by atoms with van der Waals surface area (Å²) < 4.78 is 0. The molecule has 0 spiro atoms. The van der Waals surface area contributed by atoms with Gasteiger partial charge in [-0.3, -0.25) is 4.79 Å². The van der Waals surface area contributed by atoms with Gasteiger partial charge in [-0.25, -0.2) is 0 Å². The molecule has 100 valence electrons. The first-order chi connectivity index (χ1) is 8.30. The number of Topliss-reactive ketones (excluding diaryl/α,β-unsaturated/α-hetero) is 1. The van der Waals surface area contributed by atoms with Gasteiger partial charge in [0.1, 0.15) is 6.10 Å². The molecule has 1 rings (SSSR count). The maximum atomic E-state index is 11.6. The molecule has 17 heavy (non-hydrogen) atoms. The molecule has 2 heteroatoms. The zero-order chi connectivity index (χ0) is 12.3. The number of carbonyl (C=O) groups excluding carboxylic acids is 1. The smallest absolute Gasteiger partial charge is 0.161 e. The van der Waals surface area contributed by atoms with E-state index in [1.807, 2.05) is 0 Å². The minimum Gasteiger partial charge on any atom is -0.385 e. The van der Waals surface area contributed by atoms with E-state index in [-0.39, 0.29) is 5.78 Å². The first kappa shape index (κ1) is 14.7. The molecule has 1 saturated carbocycles. The number of ketones is 1. The third-order valence-electron chi connectivity index (χ3n) is 3.77. The Morgan fingerprint density at radius 1 is 0.706 bits per heavy atom. The molecular weight excluding hydrogens is 212 g/mol. The molecule has 0 aromatic rings. The molecular formula is C15H28O2. The highest BCUT2D eigenvalue weighted by atomic mass is 16.3. The van der Waals surface area contributed by atoms with Crippen LogP contribution in [0.1, 0.15) is 83.5 Å². The summed E-state index contributed by atoms with van der Waals surface area (Å²) in [5, 5.41) is 9.69. The minimum atomic E-state index is -0.680. The van der Waals surface area contributed by atoms with Crippen LogP contribution in [0, 0.1) is 0 Å². The van der Waals surface area contributed by atoms with Gasteiger partial charge in [0.05, 0.1) is 0 Å². The summed E-state index contributed by atoms with van der Waals surface area (Å²) in [6, 6.07) is 0. The molecule has 1 fully saturated rings. The lowest BCUT2D eigenvalue weighted by atomic mass is 10.0. The Hall–Kier alpha value is -0.370. The number of carbonyl (C=O) groups is 1. The van der Waals surface area contributed by atoms with Crippen molar-refractivity contribution in [2.24, 2.45) is 0 Å². The van der Waals surface area contributed by atoms with Crippen LogP contribution in [-0.4, -0.2) is 17.0 Å². The Balaban J connectivity index is 2.24. The van der Waals surface area contributed by atoms with Gasteiger partial charge in [0.2, 0.25) is 0 Å². The fraction of sp³-hybridized carbons (Fsp3) is 0.933. The van der Waals surface area contributed by atoms with Crippen molar-refractivity contribution in [1.29, 1.82) is 0 Å². The van der Waals surface area contributed by atoms with Crippen LogP contribution in [0.5, 0.6) is 0 Å². The van der Waals surface area contributed by atoms with Gasteiger partial charge < -0.3 is 5.11 Å². The minimum absolute atomic E-state index is 0.0693. The molecule has 0 unspecified atom stereocenters. The lowest BCUT2D eigenvalue weighted by molar-refractivity contribution is -0.127. The van der Waals surface area contributed by atoms with Crippen molar-refractivity contribution in [3.05, 3.63) is 0 Å². The van der Waals surface area contributed by atoms with Crippen molar-refractivity contribution < 1.29 is 9.90 Å². The predicted molar refractivity (Wildman–Crippen MR) is 71.0 cm³/mol. The molecule has 0 bridgehead atoms. The molecule has 0 aromatic heterocycles. The van der Waals surface area contributed by atoms with Crippen molar-refractivity contribution in [2.75, 3.05) is 0 Å². The summed E-state index contributed by atoms with van der Waals surface area (Å²) in [5.74, 6) is 0.0693. The summed E-state index contributed by atoms with van der Waals surface area (Å²) in [6.07, 6.45) is 14.1. The van der Waals surface area contributed by atoms with E-state index in [1.54, 1.807) is 0 Å². The molecule has 0 amide bonds. The van der Waals surface area contributed by atoms with Crippen LogP contribution in [0.2, 0.25) is 0 Å².